The molecule has 1 aliphatic heterocycles. The lowest BCUT2D eigenvalue weighted by Gasteiger charge is -2.42. The Balaban J connectivity index is 1.79. The van der Waals surface area contributed by atoms with Crippen LogP contribution in [0.5, 0.6) is 0 Å². The third kappa shape index (κ3) is 2.96. The van der Waals surface area contributed by atoms with Crippen molar-refractivity contribution in [3.63, 3.8) is 0 Å². The Bertz CT molecular complexity index is 696. The third-order valence-electron chi connectivity index (χ3n) is 4.91. The standard InChI is InChI=1S/C21H23NO2/c23-20-12-7-15-22(20)21(24-19-13-14-19,18-10-5-2-6-11-18)16-17-8-3-1-4-9-17/h1-6,8-11,19H,7,12-16H2. The minimum absolute atomic E-state index is 0.204. The van der Waals surface area contributed by atoms with E-state index in [0.717, 1.165) is 31.4 Å². The smallest absolute Gasteiger partial charge is 0.225 e. The van der Waals surface area contributed by atoms with Gasteiger partial charge in [0.1, 0.15) is 0 Å². The van der Waals surface area contributed by atoms with Crippen LogP contribution in [-0.2, 0) is 21.7 Å². The van der Waals surface area contributed by atoms with E-state index >= 15 is 0 Å². The van der Waals surface area contributed by atoms with Crippen LogP contribution >= 0.6 is 0 Å². The fraction of sp³-hybridized carbons (Fsp3) is 0.381. The van der Waals surface area contributed by atoms with Crippen molar-refractivity contribution in [2.75, 3.05) is 6.54 Å². The summed E-state index contributed by atoms with van der Waals surface area (Å²) in [4.78, 5) is 14.6. The SMILES string of the molecule is O=C1CCCN1C(Cc1ccccc1)(OC1CC1)c1ccccc1. The summed E-state index contributed by atoms with van der Waals surface area (Å²) in [5.74, 6) is 0.204. The maximum atomic E-state index is 12.6. The predicted octanol–water partition coefficient (Wildman–Crippen LogP) is 3.88. The Morgan fingerprint density at radius 1 is 1.00 bits per heavy atom. The second kappa shape index (κ2) is 6.40. The largest absolute Gasteiger partial charge is 0.348 e. The van der Waals surface area contributed by atoms with Crippen LogP contribution in [0.25, 0.3) is 0 Å². The second-order valence-corrected chi connectivity index (χ2v) is 6.78. The van der Waals surface area contributed by atoms with Crippen molar-refractivity contribution in [2.45, 2.75) is 43.9 Å². The van der Waals surface area contributed by atoms with Crippen molar-refractivity contribution in [1.29, 1.82) is 0 Å². The van der Waals surface area contributed by atoms with Gasteiger partial charge in [0.05, 0.1) is 6.10 Å². The number of hydrogen-bond donors (Lipinski definition) is 0. The lowest BCUT2D eigenvalue weighted by molar-refractivity contribution is -0.180. The number of rotatable bonds is 6. The molecule has 0 spiro atoms. The molecule has 4 rings (SSSR count). The number of ether oxygens (including phenoxy) is 1. The maximum Gasteiger partial charge on any atom is 0.225 e. The number of nitrogens with zero attached hydrogens (tertiary/aromatic N) is 1. The summed E-state index contributed by atoms with van der Waals surface area (Å²) < 4.78 is 6.60. The van der Waals surface area contributed by atoms with Gasteiger partial charge in [-0.15, -0.1) is 0 Å². The molecular formula is C21H23NO2. The van der Waals surface area contributed by atoms with Crippen molar-refractivity contribution in [2.24, 2.45) is 0 Å². The van der Waals surface area contributed by atoms with Crippen LogP contribution < -0.4 is 0 Å². The highest BCUT2D eigenvalue weighted by molar-refractivity contribution is 5.79. The van der Waals surface area contributed by atoms with Crippen LogP contribution in [0, 0.1) is 0 Å². The lowest BCUT2D eigenvalue weighted by atomic mass is 9.93. The maximum absolute atomic E-state index is 12.6. The molecule has 2 aromatic rings. The molecule has 1 saturated carbocycles. The molecule has 1 unspecified atom stereocenters. The molecule has 1 saturated heterocycles. The molecular weight excluding hydrogens is 298 g/mol. The van der Waals surface area contributed by atoms with E-state index in [2.05, 4.69) is 24.3 Å². The second-order valence-electron chi connectivity index (χ2n) is 6.78. The highest BCUT2D eigenvalue weighted by atomic mass is 16.5. The minimum Gasteiger partial charge on any atom is -0.348 e. The molecule has 0 N–H and O–H groups in total. The lowest BCUT2D eigenvalue weighted by Crippen LogP contribution is -2.51. The van der Waals surface area contributed by atoms with Gasteiger partial charge in [-0.25, -0.2) is 0 Å². The van der Waals surface area contributed by atoms with Crippen LogP contribution in [0.4, 0.5) is 0 Å². The molecule has 0 radical (unpaired) electrons. The molecule has 2 aromatic carbocycles. The predicted molar refractivity (Wildman–Crippen MR) is 93.3 cm³/mol. The Hall–Kier alpha value is -2.13. The average Bonchev–Trinajstić information content (AvgIpc) is 3.33. The van der Waals surface area contributed by atoms with Gasteiger partial charge in [0.2, 0.25) is 5.91 Å². The number of amides is 1. The third-order valence-corrected chi connectivity index (χ3v) is 4.91. The summed E-state index contributed by atoms with van der Waals surface area (Å²) >= 11 is 0. The van der Waals surface area contributed by atoms with Crippen molar-refractivity contribution >= 4 is 5.91 Å². The molecule has 0 aromatic heterocycles. The normalized spacial score (nSPS) is 20.2. The Morgan fingerprint density at radius 2 is 1.67 bits per heavy atom. The molecule has 2 aliphatic rings. The molecule has 0 bridgehead atoms. The molecule has 1 aliphatic carbocycles. The molecule has 1 amide bonds. The fourth-order valence-corrected chi connectivity index (χ4v) is 3.59. The van der Waals surface area contributed by atoms with Crippen molar-refractivity contribution < 1.29 is 9.53 Å². The van der Waals surface area contributed by atoms with Gasteiger partial charge in [0.25, 0.3) is 0 Å². The molecule has 3 nitrogen and oxygen atoms in total. The summed E-state index contributed by atoms with van der Waals surface area (Å²) in [5, 5.41) is 0. The monoisotopic (exact) mass is 321 g/mol. The summed E-state index contributed by atoms with van der Waals surface area (Å²) in [6.45, 7) is 0.771. The van der Waals surface area contributed by atoms with Crippen LogP contribution in [0.15, 0.2) is 60.7 Å². The van der Waals surface area contributed by atoms with Gasteiger partial charge in [-0.2, -0.15) is 0 Å². The fourth-order valence-electron chi connectivity index (χ4n) is 3.59. The Morgan fingerprint density at radius 3 is 2.25 bits per heavy atom. The van der Waals surface area contributed by atoms with E-state index in [4.69, 9.17) is 4.74 Å². The first-order valence-electron chi connectivity index (χ1n) is 8.86. The quantitative estimate of drug-likeness (QED) is 0.808. The molecule has 1 atom stereocenters. The van der Waals surface area contributed by atoms with E-state index in [-0.39, 0.29) is 12.0 Å². The number of likely N-dealkylation sites (tertiary alicyclic amines) is 1. The Labute approximate surface area is 143 Å². The first-order valence-corrected chi connectivity index (χ1v) is 8.86. The zero-order chi connectivity index (χ0) is 16.4. The van der Waals surface area contributed by atoms with E-state index in [9.17, 15) is 4.79 Å². The summed E-state index contributed by atoms with van der Waals surface area (Å²) in [5.41, 5.74) is 1.59. The van der Waals surface area contributed by atoms with Gasteiger partial charge in [0, 0.05) is 24.9 Å². The van der Waals surface area contributed by atoms with Gasteiger partial charge in [0.15, 0.2) is 5.72 Å². The van der Waals surface area contributed by atoms with Gasteiger partial charge in [-0.3, -0.25) is 4.79 Å². The number of carbonyl (C=O) groups is 1. The first-order chi connectivity index (χ1) is 11.8. The van der Waals surface area contributed by atoms with Crippen LogP contribution in [0.2, 0.25) is 0 Å². The topological polar surface area (TPSA) is 29.5 Å². The Kier molecular flexibility index (Phi) is 4.11. The first kappa shape index (κ1) is 15.4. The van der Waals surface area contributed by atoms with Crippen LogP contribution in [0.3, 0.4) is 0 Å². The van der Waals surface area contributed by atoms with Gasteiger partial charge in [-0.05, 0) is 24.8 Å². The zero-order valence-corrected chi connectivity index (χ0v) is 13.9. The van der Waals surface area contributed by atoms with Crippen molar-refractivity contribution in [3.05, 3.63) is 71.8 Å². The minimum atomic E-state index is -0.683. The molecule has 1 heterocycles. The van der Waals surface area contributed by atoms with Crippen LogP contribution in [-0.4, -0.2) is 23.5 Å². The molecule has 124 valence electrons. The van der Waals surface area contributed by atoms with Crippen molar-refractivity contribution in [3.8, 4) is 0 Å². The van der Waals surface area contributed by atoms with E-state index in [1.54, 1.807) is 0 Å². The average molecular weight is 321 g/mol. The highest BCUT2D eigenvalue weighted by Crippen LogP contribution is 2.42. The molecule has 24 heavy (non-hydrogen) atoms. The highest BCUT2D eigenvalue weighted by Gasteiger charge is 2.47. The van der Waals surface area contributed by atoms with E-state index < -0.39 is 5.72 Å². The van der Waals surface area contributed by atoms with Gasteiger partial charge < -0.3 is 9.64 Å². The van der Waals surface area contributed by atoms with E-state index in [1.165, 1.54) is 5.56 Å². The summed E-state index contributed by atoms with van der Waals surface area (Å²) in [6, 6.07) is 20.6. The van der Waals surface area contributed by atoms with Gasteiger partial charge >= 0.3 is 0 Å². The zero-order valence-electron chi connectivity index (χ0n) is 13.9. The van der Waals surface area contributed by atoms with Gasteiger partial charge in [-0.1, -0.05) is 60.7 Å². The van der Waals surface area contributed by atoms with Crippen LogP contribution in [0.1, 0.15) is 36.8 Å². The summed E-state index contributed by atoms with van der Waals surface area (Å²) in [6.07, 6.45) is 4.67. The van der Waals surface area contributed by atoms with E-state index in [0.29, 0.717) is 12.8 Å². The molecule has 3 heteroatoms. The number of hydrogen-bond acceptors (Lipinski definition) is 2. The van der Waals surface area contributed by atoms with E-state index in [1.807, 2.05) is 41.3 Å². The van der Waals surface area contributed by atoms with Crippen molar-refractivity contribution in [1.82, 2.24) is 4.90 Å². The molecule has 2 fully saturated rings. The number of benzene rings is 2. The summed E-state index contributed by atoms with van der Waals surface area (Å²) in [7, 11) is 0. The number of carbonyl (C=O) groups excluding carboxylic acids is 1.